The number of nitrogens with zero attached hydrogens (tertiary/aromatic N) is 2. The number of carbonyl (C=O) groups is 1. The van der Waals surface area contributed by atoms with Gasteiger partial charge in [-0.25, -0.2) is 4.79 Å². The van der Waals surface area contributed by atoms with Crippen molar-refractivity contribution >= 4 is 11.7 Å². The molecule has 0 spiro atoms. The van der Waals surface area contributed by atoms with Crippen molar-refractivity contribution in [3.63, 3.8) is 0 Å². The molecule has 0 aliphatic carbocycles. The van der Waals surface area contributed by atoms with Gasteiger partial charge in [-0.1, -0.05) is 48.5 Å². The third-order valence-corrected chi connectivity index (χ3v) is 4.33. The lowest BCUT2D eigenvalue weighted by molar-refractivity contribution is 0.191. The minimum atomic E-state index is 0.0223. The van der Waals surface area contributed by atoms with Crippen molar-refractivity contribution in [3.05, 3.63) is 66.2 Å². The highest BCUT2D eigenvalue weighted by Gasteiger charge is 2.22. The van der Waals surface area contributed by atoms with Gasteiger partial charge in [0.25, 0.3) is 0 Å². The summed E-state index contributed by atoms with van der Waals surface area (Å²) in [5, 5.41) is 3.09. The number of nitrogens with one attached hydrogen (secondary N) is 1. The van der Waals surface area contributed by atoms with Crippen LogP contribution in [0.3, 0.4) is 0 Å². The van der Waals surface area contributed by atoms with Crippen molar-refractivity contribution in [2.24, 2.45) is 0 Å². The van der Waals surface area contributed by atoms with Gasteiger partial charge in [-0.3, -0.25) is 0 Å². The first-order chi connectivity index (χ1) is 11.2. The summed E-state index contributed by atoms with van der Waals surface area (Å²) in [6.45, 7) is 5.27. The molecule has 1 aliphatic heterocycles. The molecule has 23 heavy (non-hydrogen) atoms. The molecule has 1 fully saturated rings. The number of benzene rings is 2. The molecule has 120 valence electrons. The summed E-state index contributed by atoms with van der Waals surface area (Å²) in [7, 11) is 0. The molecule has 1 unspecified atom stereocenters. The normalized spacial score (nSPS) is 16.0. The maximum Gasteiger partial charge on any atom is 0.317 e. The predicted octanol–water partition coefficient (Wildman–Crippen LogP) is 3.28. The zero-order chi connectivity index (χ0) is 16.1. The Morgan fingerprint density at radius 2 is 1.48 bits per heavy atom. The number of amides is 2. The minimum Gasteiger partial charge on any atom is -0.368 e. The van der Waals surface area contributed by atoms with Gasteiger partial charge >= 0.3 is 6.03 Å². The van der Waals surface area contributed by atoms with E-state index in [1.54, 1.807) is 0 Å². The highest BCUT2D eigenvalue weighted by atomic mass is 16.2. The summed E-state index contributed by atoms with van der Waals surface area (Å²) in [6, 6.07) is 20.5. The van der Waals surface area contributed by atoms with Gasteiger partial charge in [0.05, 0.1) is 6.04 Å². The summed E-state index contributed by atoms with van der Waals surface area (Å²) in [5.41, 5.74) is 2.36. The second-order valence-electron chi connectivity index (χ2n) is 5.89. The third-order valence-electron chi connectivity index (χ3n) is 4.33. The Hall–Kier alpha value is -2.49. The van der Waals surface area contributed by atoms with E-state index in [9.17, 15) is 4.79 Å². The standard InChI is InChI=1S/C19H23N3O/c1-16(17-8-4-2-5-9-17)20-19(23)22-14-12-21(13-15-22)18-10-6-3-7-11-18/h2-11,16H,12-15H2,1H3,(H,20,23). The molecule has 2 aromatic rings. The Labute approximate surface area is 137 Å². The van der Waals surface area contributed by atoms with Gasteiger partial charge in [0.1, 0.15) is 0 Å². The number of hydrogen-bond acceptors (Lipinski definition) is 2. The maximum atomic E-state index is 12.4. The summed E-state index contributed by atoms with van der Waals surface area (Å²) in [5.74, 6) is 0. The first kappa shape index (κ1) is 15.4. The van der Waals surface area contributed by atoms with Crippen LogP contribution in [0.1, 0.15) is 18.5 Å². The quantitative estimate of drug-likeness (QED) is 0.944. The first-order valence-electron chi connectivity index (χ1n) is 8.14. The lowest BCUT2D eigenvalue weighted by atomic mass is 10.1. The van der Waals surface area contributed by atoms with Crippen LogP contribution in [-0.4, -0.2) is 37.1 Å². The Bertz CT molecular complexity index is 622. The predicted molar refractivity (Wildman–Crippen MR) is 93.6 cm³/mol. The Balaban J connectivity index is 1.52. The smallest absolute Gasteiger partial charge is 0.317 e. The number of anilines is 1. The van der Waals surface area contributed by atoms with Gasteiger partial charge in [0.15, 0.2) is 0 Å². The molecule has 4 nitrogen and oxygen atoms in total. The van der Waals surface area contributed by atoms with Crippen LogP contribution in [0, 0.1) is 0 Å². The van der Waals surface area contributed by atoms with E-state index in [1.165, 1.54) is 5.69 Å². The van der Waals surface area contributed by atoms with Gasteiger partial charge in [-0.2, -0.15) is 0 Å². The van der Waals surface area contributed by atoms with Crippen LogP contribution in [0.25, 0.3) is 0 Å². The van der Waals surface area contributed by atoms with Gasteiger partial charge in [0.2, 0.25) is 0 Å². The highest BCUT2D eigenvalue weighted by Crippen LogP contribution is 2.16. The molecule has 1 heterocycles. The van der Waals surface area contributed by atoms with Crippen molar-refractivity contribution in [1.82, 2.24) is 10.2 Å². The van der Waals surface area contributed by atoms with Crippen LogP contribution < -0.4 is 10.2 Å². The van der Waals surface area contributed by atoms with Crippen molar-refractivity contribution < 1.29 is 4.79 Å². The molecule has 0 bridgehead atoms. The number of rotatable bonds is 3. The van der Waals surface area contributed by atoms with Crippen LogP contribution in [0.4, 0.5) is 10.5 Å². The average Bonchev–Trinajstić information content (AvgIpc) is 2.63. The SMILES string of the molecule is CC(NC(=O)N1CCN(c2ccccc2)CC1)c1ccccc1. The van der Waals surface area contributed by atoms with E-state index in [0.717, 1.165) is 31.7 Å². The maximum absolute atomic E-state index is 12.4. The van der Waals surface area contributed by atoms with E-state index >= 15 is 0 Å². The van der Waals surface area contributed by atoms with Crippen molar-refractivity contribution in [2.45, 2.75) is 13.0 Å². The zero-order valence-electron chi connectivity index (χ0n) is 13.5. The van der Waals surface area contributed by atoms with E-state index in [2.05, 4.69) is 34.5 Å². The third kappa shape index (κ3) is 3.83. The molecule has 1 atom stereocenters. The van der Waals surface area contributed by atoms with Gasteiger partial charge in [0, 0.05) is 31.9 Å². The second kappa shape index (κ2) is 7.18. The van der Waals surface area contributed by atoms with Crippen molar-refractivity contribution in [3.8, 4) is 0 Å². The molecule has 2 aromatic carbocycles. The summed E-state index contributed by atoms with van der Waals surface area (Å²) in [4.78, 5) is 16.6. The summed E-state index contributed by atoms with van der Waals surface area (Å²) < 4.78 is 0. The monoisotopic (exact) mass is 309 g/mol. The lowest BCUT2D eigenvalue weighted by Gasteiger charge is -2.36. The fraction of sp³-hybridized carbons (Fsp3) is 0.316. The molecule has 1 aliphatic rings. The first-order valence-corrected chi connectivity index (χ1v) is 8.14. The number of piperazine rings is 1. The van der Waals surface area contributed by atoms with E-state index in [-0.39, 0.29) is 12.1 Å². The average molecular weight is 309 g/mol. The summed E-state index contributed by atoms with van der Waals surface area (Å²) >= 11 is 0. The van der Waals surface area contributed by atoms with Crippen LogP contribution in [-0.2, 0) is 0 Å². The largest absolute Gasteiger partial charge is 0.368 e. The Kier molecular flexibility index (Phi) is 4.81. The number of carbonyl (C=O) groups excluding carboxylic acids is 1. The van der Waals surface area contributed by atoms with Crippen LogP contribution in [0.5, 0.6) is 0 Å². The molecular formula is C19H23N3O. The Morgan fingerprint density at radius 1 is 0.913 bits per heavy atom. The molecule has 0 aromatic heterocycles. The fourth-order valence-corrected chi connectivity index (χ4v) is 2.91. The Morgan fingerprint density at radius 3 is 2.09 bits per heavy atom. The number of hydrogen-bond donors (Lipinski definition) is 1. The van der Waals surface area contributed by atoms with Crippen molar-refractivity contribution in [2.75, 3.05) is 31.1 Å². The topological polar surface area (TPSA) is 35.6 Å². The summed E-state index contributed by atoms with van der Waals surface area (Å²) in [6.07, 6.45) is 0. The lowest BCUT2D eigenvalue weighted by Crippen LogP contribution is -2.52. The number of para-hydroxylation sites is 1. The van der Waals surface area contributed by atoms with E-state index in [1.807, 2.05) is 48.2 Å². The van der Waals surface area contributed by atoms with Crippen molar-refractivity contribution in [1.29, 1.82) is 0 Å². The van der Waals surface area contributed by atoms with Crippen LogP contribution in [0.2, 0.25) is 0 Å². The van der Waals surface area contributed by atoms with Crippen LogP contribution >= 0.6 is 0 Å². The number of urea groups is 1. The molecule has 0 saturated carbocycles. The minimum absolute atomic E-state index is 0.0223. The zero-order valence-corrected chi connectivity index (χ0v) is 13.5. The fourth-order valence-electron chi connectivity index (χ4n) is 2.91. The molecule has 4 heteroatoms. The second-order valence-corrected chi connectivity index (χ2v) is 5.89. The van der Waals surface area contributed by atoms with Gasteiger partial charge in [-0.15, -0.1) is 0 Å². The van der Waals surface area contributed by atoms with Crippen LogP contribution in [0.15, 0.2) is 60.7 Å². The molecule has 2 amide bonds. The molecular weight excluding hydrogens is 286 g/mol. The molecule has 1 N–H and O–H groups in total. The van der Waals surface area contributed by atoms with Gasteiger partial charge in [-0.05, 0) is 24.6 Å². The molecule has 1 saturated heterocycles. The highest BCUT2D eigenvalue weighted by molar-refractivity contribution is 5.75. The van der Waals surface area contributed by atoms with E-state index in [4.69, 9.17) is 0 Å². The van der Waals surface area contributed by atoms with Gasteiger partial charge < -0.3 is 15.1 Å². The van der Waals surface area contributed by atoms with E-state index in [0.29, 0.717) is 0 Å². The van der Waals surface area contributed by atoms with E-state index < -0.39 is 0 Å². The molecule has 3 rings (SSSR count). The molecule has 0 radical (unpaired) electrons.